The van der Waals surface area contributed by atoms with E-state index >= 15 is 0 Å². The molecule has 7 nitrogen and oxygen atoms in total. The molecule has 0 aromatic carbocycles. The van der Waals surface area contributed by atoms with Crippen LogP contribution < -0.4 is 5.32 Å². The monoisotopic (exact) mass is 392 g/mol. The lowest BCUT2D eigenvalue weighted by molar-refractivity contribution is -0.137. The van der Waals surface area contributed by atoms with Gasteiger partial charge >= 0.3 is 6.18 Å². The highest BCUT2D eigenvalue weighted by atomic mass is 79.9. The van der Waals surface area contributed by atoms with Crippen LogP contribution in [0.5, 0.6) is 0 Å². The number of aromatic nitrogens is 5. The van der Waals surface area contributed by atoms with Crippen molar-refractivity contribution in [3.05, 3.63) is 28.1 Å². The van der Waals surface area contributed by atoms with Crippen molar-refractivity contribution in [3.8, 4) is 0 Å². The van der Waals surface area contributed by atoms with E-state index in [0.717, 1.165) is 6.07 Å². The van der Waals surface area contributed by atoms with Gasteiger partial charge in [-0.05, 0) is 48.0 Å². The molecule has 23 heavy (non-hydrogen) atoms. The number of nitrogens with zero attached hydrogens (tertiary/aromatic N) is 5. The van der Waals surface area contributed by atoms with Crippen LogP contribution in [0.4, 0.5) is 19.0 Å². The number of tetrazole rings is 1. The molecule has 2 aromatic heterocycles. The molecular formula is C12H12BrF3N6O. The summed E-state index contributed by atoms with van der Waals surface area (Å²) in [6.07, 6.45) is -3.89. The number of alkyl halides is 3. The topological polar surface area (TPSA) is 85.6 Å². The molecule has 0 unspecified atom stereocenters. The molecule has 11 heteroatoms. The van der Waals surface area contributed by atoms with Crippen LogP contribution in [0, 0.1) is 0 Å². The van der Waals surface area contributed by atoms with Crippen molar-refractivity contribution < 1.29 is 18.0 Å². The summed E-state index contributed by atoms with van der Waals surface area (Å²) < 4.78 is 37.7. The second-order valence-electron chi connectivity index (χ2n) is 5.58. The minimum atomic E-state index is -4.52. The first kappa shape index (κ1) is 17.3. The van der Waals surface area contributed by atoms with Gasteiger partial charge < -0.3 is 5.32 Å². The molecule has 2 heterocycles. The molecule has 0 saturated carbocycles. The van der Waals surface area contributed by atoms with Crippen LogP contribution in [0.25, 0.3) is 0 Å². The van der Waals surface area contributed by atoms with Crippen molar-refractivity contribution >= 4 is 27.7 Å². The van der Waals surface area contributed by atoms with E-state index in [0.29, 0.717) is 6.20 Å². The van der Waals surface area contributed by atoms with Gasteiger partial charge in [0.05, 0.1) is 15.6 Å². The Morgan fingerprint density at radius 3 is 2.43 bits per heavy atom. The first-order valence-electron chi connectivity index (χ1n) is 6.33. The molecule has 0 aliphatic carbocycles. The van der Waals surface area contributed by atoms with Crippen molar-refractivity contribution in [2.75, 3.05) is 5.32 Å². The fourth-order valence-electron chi connectivity index (χ4n) is 1.44. The number of rotatable bonds is 2. The van der Waals surface area contributed by atoms with Crippen molar-refractivity contribution in [2.24, 2.45) is 0 Å². The second-order valence-corrected chi connectivity index (χ2v) is 6.43. The number of amides is 1. The Kier molecular flexibility index (Phi) is 4.42. The lowest BCUT2D eigenvalue weighted by atomic mass is 10.1. The molecule has 0 saturated heterocycles. The van der Waals surface area contributed by atoms with Gasteiger partial charge in [-0.15, -0.1) is 10.2 Å². The van der Waals surface area contributed by atoms with Crippen LogP contribution in [0.3, 0.4) is 0 Å². The van der Waals surface area contributed by atoms with E-state index in [1.165, 1.54) is 4.80 Å². The largest absolute Gasteiger partial charge is 0.417 e. The summed E-state index contributed by atoms with van der Waals surface area (Å²) in [4.78, 5) is 16.9. The van der Waals surface area contributed by atoms with Gasteiger partial charge in [0.1, 0.15) is 5.82 Å². The third kappa shape index (κ3) is 4.03. The highest BCUT2D eigenvalue weighted by molar-refractivity contribution is 9.10. The first-order chi connectivity index (χ1) is 10.5. The van der Waals surface area contributed by atoms with Crippen LogP contribution in [0.1, 0.15) is 37.0 Å². The smallest absolute Gasteiger partial charge is 0.303 e. The molecule has 0 fully saturated rings. The van der Waals surface area contributed by atoms with E-state index in [1.807, 2.05) is 20.8 Å². The molecule has 0 atom stereocenters. The van der Waals surface area contributed by atoms with Crippen molar-refractivity contribution in [1.29, 1.82) is 0 Å². The lowest BCUT2D eigenvalue weighted by Crippen LogP contribution is -2.25. The molecule has 2 rings (SSSR count). The zero-order valence-electron chi connectivity index (χ0n) is 12.3. The molecule has 1 N–H and O–H groups in total. The van der Waals surface area contributed by atoms with E-state index in [1.54, 1.807) is 0 Å². The maximum Gasteiger partial charge on any atom is 0.417 e. The molecule has 0 aliphatic heterocycles. The van der Waals surface area contributed by atoms with E-state index in [4.69, 9.17) is 0 Å². The summed E-state index contributed by atoms with van der Waals surface area (Å²) in [6.45, 7) is 5.47. The van der Waals surface area contributed by atoms with E-state index in [2.05, 4.69) is 41.6 Å². The zero-order chi connectivity index (χ0) is 17.4. The minimum absolute atomic E-state index is 0.0103. The molecule has 0 spiro atoms. The molecular weight excluding hydrogens is 381 g/mol. The Labute approximate surface area is 137 Å². The number of carbonyl (C=O) groups is 1. The molecule has 0 aliphatic rings. The quantitative estimate of drug-likeness (QED) is 0.848. The number of hydrogen-bond acceptors (Lipinski definition) is 5. The maximum absolute atomic E-state index is 12.6. The van der Waals surface area contributed by atoms with Gasteiger partial charge in [0.15, 0.2) is 0 Å². The Bertz CT molecular complexity index is 737. The predicted octanol–water partition coefficient (Wildman–Crippen LogP) is 2.86. The first-order valence-corrected chi connectivity index (χ1v) is 7.12. The van der Waals surface area contributed by atoms with Gasteiger partial charge in [-0.2, -0.15) is 18.0 Å². The van der Waals surface area contributed by atoms with E-state index in [9.17, 15) is 18.0 Å². The Morgan fingerprint density at radius 1 is 1.30 bits per heavy atom. The summed E-state index contributed by atoms with van der Waals surface area (Å²) in [5.74, 6) is -1.02. The second kappa shape index (κ2) is 5.87. The van der Waals surface area contributed by atoms with E-state index < -0.39 is 23.2 Å². The third-order valence-corrected chi connectivity index (χ3v) is 3.22. The van der Waals surface area contributed by atoms with E-state index in [-0.39, 0.29) is 16.1 Å². The zero-order valence-corrected chi connectivity index (χ0v) is 13.9. The predicted molar refractivity (Wildman–Crippen MR) is 77.7 cm³/mol. The Balaban J connectivity index is 2.19. The normalized spacial score (nSPS) is 12.3. The van der Waals surface area contributed by atoms with Crippen LogP contribution in [-0.4, -0.2) is 31.1 Å². The summed E-state index contributed by atoms with van der Waals surface area (Å²) in [7, 11) is 0. The SMILES string of the molecule is CC(C)(C)n1nnc(C(=O)Nc2ncc(C(F)(F)F)cc2Br)n1. The number of carbonyl (C=O) groups excluding carboxylic acids is 1. The Hall–Kier alpha value is -2.04. The summed E-state index contributed by atoms with van der Waals surface area (Å²) in [5, 5.41) is 13.6. The fourth-order valence-corrected chi connectivity index (χ4v) is 1.89. The summed E-state index contributed by atoms with van der Waals surface area (Å²) in [5.41, 5.74) is -1.39. The van der Waals surface area contributed by atoms with Gasteiger partial charge in [-0.25, -0.2) is 4.98 Å². The third-order valence-electron chi connectivity index (χ3n) is 2.62. The van der Waals surface area contributed by atoms with Gasteiger partial charge in [0, 0.05) is 6.20 Å². The summed E-state index contributed by atoms with van der Waals surface area (Å²) >= 11 is 2.94. The van der Waals surface area contributed by atoms with Crippen LogP contribution in [0.15, 0.2) is 16.7 Å². The molecule has 2 aromatic rings. The number of nitrogens with one attached hydrogen (secondary N) is 1. The highest BCUT2D eigenvalue weighted by Crippen LogP contribution is 2.32. The minimum Gasteiger partial charge on any atom is -0.303 e. The number of halogens is 4. The molecule has 0 bridgehead atoms. The molecule has 1 amide bonds. The van der Waals surface area contributed by atoms with Crippen LogP contribution in [0.2, 0.25) is 0 Å². The average molecular weight is 393 g/mol. The molecule has 0 radical (unpaired) electrons. The van der Waals surface area contributed by atoms with Gasteiger partial charge in [-0.1, -0.05) is 0 Å². The number of hydrogen-bond donors (Lipinski definition) is 1. The fraction of sp³-hybridized carbons (Fsp3) is 0.417. The highest BCUT2D eigenvalue weighted by Gasteiger charge is 2.31. The number of pyridine rings is 1. The average Bonchev–Trinajstić information content (AvgIpc) is 2.89. The maximum atomic E-state index is 12.6. The van der Waals surface area contributed by atoms with Gasteiger partial charge in [-0.3, -0.25) is 4.79 Å². The van der Waals surface area contributed by atoms with Gasteiger partial charge in [0.2, 0.25) is 0 Å². The lowest BCUT2D eigenvalue weighted by Gasteiger charge is -2.15. The molecule has 124 valence electrons. The van der Waals surface area contributed by atoms with Crippen LogP contribution >= 0.6 is 15.9 Å². The van der Waals surface area contributed by atoms with Gasteiger partial charge in [0.25, 0.3) is 11.7 Å². The van der Waals surface area contributed by atoms with Crippen molar-refractivity contribution in [1.82, 2.24) is 25.2 Å². The summed E-state index contributed by atoms with van der Waals surface area (Å²) in [6, 6.07) is 0.821. The standard InChI is InChI=1S/C12H12BrF3N6O/c1-11(2,3)22-20-9(19-21-22)10(23)18-8-7(13)4-6(5-17-8)12(14,15)16/h4-5H,1-3H3,(H,17,18,23). The van der Waals surface area contributed by atoms with Crippen molar-refractivity contribution in [2.45, 2.75) is 32.5 Å². The van der Waals surface area contributed by atoms with Crippen molar-refractivity contribution in [3.63, 3.8) is 0 Å². The number of anilines is 1. The Morgan fingerprint density at radius 2 is 1.96 bits per heavy atom. The van der Waals surface area contributed by atoms with Crippen LogP contribution in [-0.2, 0) is 11.7 Å².